The number of fused-ring (bicyclic) bond motifs is 1. The standard InChI is InChI=1S/C18H22N6/c1-3-13-8-18(24-6-4-5-7-24)20-10-14(13)22-17-9-16-15(11-19-17)21-12-23(16)2/h8-12H,3-7H2,1-2H3,(H,19,22). The van der Waals surface area contributed by atoms with Gasteiger partial charge in [0, 0.05) is 26.2 Å². The summed E-state index contributed by atoms with van der Waals surface area (Å²) in [6.07, 6.45) is 9.02. The maximum atomic E-state index is 4.65. The van der Waals surface area contributed by atoms with Crippen molar-refractivity contribution in [2.75, 3.05) is 23.3 Å². The van der Waals surface area contributed by atoms with Gasteiger partial charge in [-0.15, -0.1) is 0 Å². The molecular weight excluding hydrogens is 300 g/mol. The monoisotopic (exact) mass is 322 g/mol. The molecule has 0 aliphatic carbocycles. The Hall–Kier alpha value is -2.63. The fourth-order valence-corrected chi connectivity index (χ4v) is 3.25. The molecule has 124 valence electrons. The van der Waals surface area contributed by atoms with E-state index in [1.54, 1.807) is 12.5 Å². The molecule has 0 saturated carbocycles. The second-order valence-corrected chi connectivity index (χ2v) is 6.29. The second-order valence-electron chi connectivity index (χ2n) is 6.29. The summed E-state index contributed by atoms with van der Waals surface area (Å²) in [7, 11) is 1.99. The first-order chi connectivity index (χ1) is 11.7. The number of imidazole rings is 1. The Balaban J connectivity index is 1.63. The Morgan fingerprint density at radius 3 is 2.71 bits per heavy atom. The van der Waals surface area contributed by atoms with Crippen LogP contribution in [0.25, 0.3) is 11.0 Å². The number of anilines is 3. The number of aromatic nitrogens is 4. The summed E-state index contributed by atoms with van der Waals surface area (Å²) in [5, 5.41) is 3.42. The minimum atomic E-state index is 0.816. The molecule has 24 heavy (non-hydrogen) atoms. The summed E-state index contributed by atoms with van der Waals surface area (Å²) in [5.41, 5.74) is 4.25. The molecule has 6 nitrogen and oxygen atoms in total. The molecule has 3 aromatic rings. The molecule has 3 aromatic heterocycles. The van der Waals surface area contributed by atoms with Gasteiger partial charge < -0.3 is 14.8 Å². The second kappa shape index (κ2) is 6.11. The molecule has 0 unspecified atom stereocenters. The third-order valence-corrected chi connectivity index (χ3v) is 4.66. The SMILES string of the molecule is CCc1cc(N2CCCC2)ncc1Nc1cc2c(cn1)ncn2C. The lowest BCUT2D eigenvalue weighted by Crippen LogP contribution is -2.19. The Morgan fingerprint density at radius 2 is 1.92 bits per heavy atom. The van der Waals surface area contributed by atoms with Crippen LogP contribution in [0.3, 0.4) is 0 Å². The van der Waals surface area contributed by atoms with Crippen LogP contribution in [0.4, 0.5) is 17.3 Å². The first-order valence-corrected chi connectivity index (χ1v) is 8.52. The van der Waals surface area contributed by atoms with E-state index in [1.165, 1.54) is 18.4 Å². The Labute approximate surface area is 141 Å². The van der Waals surface area contributed by atoms with Crippen LogP contribution in [0.2, 0.25) is 0 Å². The number of hydrogen-bond donors (Lipinski definition) is 1. The van der Waals surface area contributed by atoms with Crippen molar-refractivity contribution in [3.8, 4) is 0 Å². The zero-order valence-corrected chi connectivity index (χ0v) is 14.2. The molecule has 1 N–H and O–H groups in total. The molecule has 4 rings (SSSR count). The highest BCUT2D eigenvalue weighted by Crippen LogP contribution is 2.26. The van der Waals surface area contributed by atoms with Crippen LogP contribution in [0.1, 0.15) is 25.3 Å². The van der Waals surface area contributed by atoms with Crippen molar-refractivity contribution in [3.05, 3.63) is 36.4 Å². The van der Waals surface area contributed by atoms with Crippen LogP contribution < -0.4 is 10.2 Å². The van der Waals surface area contributed by atoms with E-state index < -0.39 is 0 Å². The minimum Gasteiger partial charge on any atom is -0.357 e. The molecule has 0 spiro atoms. The molecule has 0 bridgehead atoms. The zero-order chi connectivity index (χ0) is 16.5. The van der Waals surface area contributed by atoms with Gasteiger partial charge in [-0.25, -0.2) is 15.0 Å². The molecule has 0 aromatic carbocycles. The first kappa shape index (κ1) is 14.9. The third-order valence-electron chi connectivity index (χ3n) is 4.66. The van der Waals surface area contributed by atoms with Gasteiger partial charge in [0.1, 0.15) is 17.2 Å². The average Bonchev–Trinajstić information content (AvgIpc) is 3.26. The van der Waals surface area contributed by atoms with E-state index in [0.717, 1.165) is 47.9 Å². The zero-order valence-electron chi connectivity index (χ0n) is 14.2. The number of rotatable bonds is 4. The maximum absolute atomic E-state index is 4.65. The number of pyridine rings is 2. The topological polar surface area (TPSA) is 58.9 Å². The van der Waals surface area contributed by atoms with Gasteiger partial charge in [-0.2, -0.15) is 0 Å². The van der Waals surface area contributed by atoms with Gasteiger partial charge in [-0.1, -0.05) is 6.92 Å². The molecule has 4 heterocycles. The molecule has 0 amide bonds. The molecular formula is C18H22N6. The van der Waals surface area contributed by atoms with Crippen LogP contribution >= 0.6 is 0 Å². The van der Waals surface area contributed by atoms with Crippen molar-refractivity contribution in [1.82, 2.24) is 19.5 Å². The van der Waals surface area contributed by atoms with E-state index >= 15 is 0 Å². The van der Waals surface area contributed by atoms with Gasteiger partial charge >= 0.3 is 0 Å². The van der Waals surface area contributed by atoms with Crippen LogP contribution in [-0.4, -0.2) is 32.6 Å². The summed E-state index contributed by atoms with van der Waals surface area (Å²) < 4.78 is 2.00. The fourth-order valence-electron chi connectivity index (χ4n) is 3.25. The summed E-state index contributed by atoms with van der Waals surface area (Å²) >= 11 is 0. The minimum absolute atomic E-state index is 0.816. The predicted molar refractivity (Wildman–Crippen MR) is 96.9 cm³/mol. The normalized spacial score (nSPS) is 14.5. The molecule has 1 aliphatic heterocycles. The van der Waals surface area contributed by atoms with Gasteiger partial charge in [0.05, 0.1) is 29.9 Å². The van der Waals surface area contributed by atoms with Crippen LogP contribution in [0, 0.1) is 0 Å². The summed E-state index contributed by atoms with van der Waals surface area (Å²) in [4.78, 5) is 15.8. The highest BCUT2D eigenvalue weighted by Gasteiger charge is 2.15. The van der Waals surface area contributed by atoms with Crippen LogP contribution in [0.5, 0.6) is 0 Å². The largest absolute Gasteiger partial charge is 0.357 e. The average molecular weight is 322 g/mol. The van der Waals surface area contributed by atoms with Crippen LogP contribution in [-0.2, 0) is 13.5 Å². The van der Waals surface area contributed by atoms with Crippen molar-refractivity contribution in [2.24, 2.45) is 7.05 Å². The lowest BCUT2D eigenvalue weighted by molar-refractivity contribution is 0.931. The molecule has 0 radical (unpaired) electrons. The van der Waals surface area contributed by atoms with E-state index in [2.05, 4.69) is 38.2 Å². The van der Waals surface area contributed by atoms with Gasteiger partial charge in [-0.3, -0.25) is 0 Å². The van der Waals surface area contributed by atoms with Gasteiger partial charge in [-0.05, 0) is 30.9 Å². The number of nitrogens with one attached hydrogen (secondary N) is 1. The van der Waals surface area contributed by atoms with E-state index in [-0.39, 0.29) is 0 Å². The summed E-state index contributed by atoms with van der Waals surface area (Å²) in [5.74, 6) is 1.90. The first-order valence-electron chi connectivity index (χ1n) is 8.52. The van der Waals surface area contributed by atoms with Gasteiger partial charge in [0.15, 0.2) is 0 Å². The van der Waals surface area contributed by atoms with Crippen molar-refractivity contribution in [2.45, 2.75) is 26.2 Å². The Kier molecular flexibility index (Phi) is 3.80. The maximum Gasteiger partial charge on any atom is 0.132 e. The quantitative estimate of drug-likeness (QED) is 0.799. The predicted octanol–water partition coefficient (Wildman–Crippen LogP) is 3.27. The lowest BCUT2D eigenvalue weighted by Gasteiger charge is -2.19. The van der Waals surface area contributed by atoms with E-state index in [0.29, 0.717) is 0 Å². The molecule has 6 heteroatoms. The number of nitrogens with zero attached hydrogens (tertiary/aromatic N) is 5. The highest BCUT2D eigenvalue weighted by atomic mass is 15.2. The molecule has 0 atom stereocenters. The Morgan fingerprint density at radius 1 is 1.08 bits per heavy atom. The van der Waals surface area contributed by atoms with Crippen molar-refractivity contribution < 1.29 is 0 Å². The molecule has 1 aliphatic rings. The number of hydrogen-bond acceptors (Lipinski definition) is 5. The Bertz CT molecular complexity index is 863. The fraction of sp³-hybridized carbons (Fsp3) is 0.389. The van der Waals surface area contributed by atoms with Gasteiger partial charge in [0.2, 0.25) is 0 Å². The van der Waals surface area contributed by atoms with Gasteiger partial charge in [0.25, 0.3) is 0 Å². The molecule has 1 fully saturated rings. The third kappa shape index (κ3) is 2.68. The van der Waals surface area contributed by atoms with E-state index in [9.17, 15) is 0 Å². The van der Waals surface area contributed by atoms with Crippen molar-refractivity contribution >= 4 is 28.4 Å². The lowest BCUT2D eigenvalue weighted by atomic mass is 10.1. The number of aryl methyl sites for hydroxylation is 2. The highest BCUT2D eigenvalue weighted by molar-refractivity contribution is 5.78. The van der Waals surface area contributed by atoms with Crippen molar-refractivity contribution in [3.63, 3.8) is 0 Å². The summed E-state index contributed by atoms with van der Waals surface area (Å²) in [6.45, 7) is 4.40. The van der Waals surface area contributed by atoms with E-state index in [1.807, 2.05) is 23.9 Å². The smallest absolute Gasteiger partial charge is 0.132 e. The summed E-state index contributed by atoms with van der Waals surface area (Å²) in [6, 6.07) is 4.23. The molecule has 1 saturated heterocycles. The van der Waals surface area contributed by atoms with E-state index in [4.69, 9.17) is 0 Å². The van der Waals surface area contributed by atoms with Crippen LogP contribution in [0.15, 0.2) is 30.9 Å². The van der Waals surface area contributed by atoms with Crippen molar-refractivity contribution in [1.29, 1.82) is 0 Å².